The van der Waals surface area contributed by atoms with Crippen LogP contribution in [-0.2, 0) is 24.8 Å². The SMILES string of the molecule is CS(=O)(=O)N(CCCC(=O)Nc1ccc(S(=O)(=O)Nc2ccc(Br)cc2)cc1)c1cc(Cl)ccc1Cl. The Bertz CT molecular complexity index is 1450. The van der Waals surface area contributed by atoms with Gasteiger partial charge in [0.25, 0.3) is 10.0 Å². The fourth-order valence-electron chi connectivity index (χ4n) is 3.20. The summed E-state index contributed by atoms with van der Waals surface area (Å²) < 4.78 is 54.1. The number of benzene rings is 3. The van der Waals surface area contributed by atoms with E-state index in [1.165, 1.54) is 36.4 Å². The lowest BCUT2D eigenvalue weighted by atomic mass is 10.2. The number of carbonyl (C=O) groups excluding carboxylic acids is 1. The topological polar surface area (TPSA) is 113 Å². The first-order valence-corrected chi connectivity index (χ1v) is 15.3. The molecule has 0 aromatic heterocycles. The second-order valence-electron chi connectivity index (χ2n) is 7.72. The van der Waals surface area contributed by atoms with Crippen LogP contribution >= 0.6 is 39.1 Å². The predicted molar refractivity (Wildman–Crippen MR) is 148 cm³/mol. The van der Waals surface area contributed by atoms with Crippen LogP contribution in [0.3, 0.4) is 0 Å². The van der Waals surface area contributed by atoms with Crippen LogP contribution in [0.2, 0.25) is 10.0 Å². The van der Waals surface area contributed by atoms with Crippen molar-refractivity contribution in [3.63, 3.8) is 0 Å². The summed E-state index contributed by atoms with van der Waals surface area (Å²) >= 11 is 15.4. The quantitative estimate of drug-likeness (QED) is 0.295. The maximum absolute atomic E-state index is 12.6. The van der Waals surface area contributed by atoms with E-state index in [1.807, 2.05) is 0 Å². The zero-order chi connectivity index (χ0) is 26.5. The summed E-state index contributed by atoms with van der Waals surface area (Å²) in [7, 11) is -7.47. The van der Waals surface area contributed by atoms with Gasteiger partial charge in [-0.1, -0.05) is 39.1 Å². The van der Waals surface area contributed by atoms with E-state index in [0.29, 0.717) is 16.4 Å². The highest BCUT2D eigenvalue weighted by molar-refractivity contribution is 9.10. The Kier molecular flexibility index (Phi) is 9.28. The number of sulfonamides is 2. The molecule has 0 unspecified atom stereocenters. The van der Waals surface area contributed by atoms with Crippen LogP contribution in [0.5, 0.6) is 0 Å². The van der Waals surface area contributed by atoms with Crippen LogP contribution in [0.25, 0.3) is 0 Å². The first kappa shape index (κ1) is 28.3. The van der Waals surface area contributed by atoms with Gasteiger partial charge in [0.1, 0.15) is 0 Å². The first-order valence-electron chi connectivity index (χ1n) is 10.5. The van der Waals surface area contributed by atoms with E-state index in [2.05, 4.69) is 26.0 Å². The lowest BCUT2D eigenvalue weighted by Crippen LogP contribution is -2.31. The molecule has 0 spiro atoms. The molecule has 0 aliphatic rings. The molecule has 0 saturated heterocycles. The highest BCUT2D eigenvalue weighted by Crippen LogP contribution is 2.31. The van der Waals surface area contributed by atoms with Crippen molar-refractivity contribution in [3.8, 4) is 0 Å². The second kappa shape index (κ2) is 11.8. The van der Waals surface area contributed by atoms with Crippen LogP contribution < -0.4 is 14.3 Å². The van der Waals surface area contributed by atoms with Gasteiger partial charge in [0.2, 0.25) is 15.9 Å². The minimum Gasteiger partial charge on any atom is -0.326 e. The largest absolute Gasteiger partial charge is 0.326 e. The molecule has 0 bridgehead atoms. The van der Waals surface area contributed by atoms with Gasteiger partial charge in [0.15, 0.2) is 0 Å². The van der Waals surface area contributed by atoms with Crippen molar-refractivity contribution in [3.05, 3.63) is 81.2 Å². The monoisotopic (exact) mass is 633 g/mol. The van der Waals surface area contributed by atoms with Gasteiger partial charge in [-0.2, -0.15) is 0 Å². The predicted octanol–water partition coefficient (Wildman–Crippen LogP) is 5.74. The summed E-state index contributed by atoms with van der Waals surface area (Å²) in [5.41, 5.74) is 1.05. The molecule has 3 rings (SSSR count). The Morgan fingerprint density at radius 3 is 2.14 bits per heavy atom. The zero-order valence-electron chi connectivity index (χ0n) is 18.9. The summed E-state index contributed by atoms with van der Waals surface area (Å²) in [6.45, 7) is 0.0191. The molecule has 0 atom stereocenters. The molecule has 1 amide bonds. The molecule has 3 aromatic rings. The van der Waals surface area contributed by atoms with Crippen molar-refractivity contribution in [2.24, 2.45) is 0 Å². The highest BCUT2D eigenvalue weighted by atomic mass is 79.9. The molecule has 0 radical (unpaired) electrons. The summed E-state index contributed by atoms with van der Waals surface area (Å²) in [4.78, 5) is 12.4. The molecule has 192 valence electrons. The second-order valence-corrected chi connectivity index (χ2v) is 13.1. The Labute approximate surface area is 228 Å². The van der Waals surface area contributed by atoms with Crippen molar-refractivity contribution < 1.29 is 21.6 Å². The van der Waals surface area contributed by atoms with Gasteiger partial charge >= 0.3 is 0 Å². The number of nitrogens with one attached hydrogen (secondary N) is 2. The molecule has 2 N–H and O–H groups in total. The minimum atomic E-state index is -3.80. The standard InChI is InChI=1S/C23H22BrCl2N3O5S2/c1-35(31,32)29(22-15-17(25)6-13-21(22)26)14-2-3-23(30)27-18-9-11-20(12-10-18)36(33,34)28-19-7-4-16(24)5-8-19/h4-13,15,28H,2-3,14H2,1H3,(H,27,30). The first-order chi connectivity index (χ1) is 16.8. The number of anilines is 3. The fourth-order valence-corrected chi connectivity index (χ4v) is 5.93. The van der Waals surface area contributed by atoms with E-state index in [9.17, 15) is 21.6 Å². The summed E-state index contributed by atoms with van der Waals surface area (Å²) in [5, 5.41) is 3.23. The fraction of sp³-hybridized carbons (Fsp3) is 0.174. The zero-order valence-corrected chi connectivity index (χ0v) is 23.6. The van der Waals surface area contributed by atoms with E-state index in [0.717, 1.165) is 15.0 Å². The van der Waals surface area contributed by atoms with E-state index < -0.39 is 20.0 Å². The molecule has 0 aliphatic carbocycles. The van der Waals surface area contributed by atoms with E-state index in [4.69, 9.17) is 23.2 Å². The van der Waals surface area contributed by atoms with E-state index in [-0.39, 0.29) is 40.9 Å². The summed E-state index contributed by atoms with van der Waals surface area (Å²) in [6, 6.07) is 16.9. The van der Waals surface area contributed by atoms with Gasteiger partial charge in [-0.3, -0.25) is 13.8 Å². The average Bonchev–Trinajstić information content (AvgIpc) is 2.79. The van der Waals surface area contributed by atoms with E-state index in [1.54, 1.807) is 30.3 Å². The van der Waals surface area contributed by atoms with Gasteiger partial charge < -0.3 is 5.32 Å². The van der Waals surface area contributed by atoms with Crippen molar-refractivity contribution in [2.75, 3.05) is 27.1 Å². The van der Waals surface area contributed by atoms with Gasteiger partial charge in [-0.15, -0.1) is 0 Å². The lowest BCUT2D eigenvalue weighted by Gasteiger charge is -2.23. The molecule has 3 aromatic carbocycles. The van der Waals surface area contributed by atoms with Crippen LogP contribution in [0, 0.1) is 0 Å². The van der Waals surface area contributed by atoms with Crippen molar-refractivity contribution >= 4 is 82.1 Å². The lowest BCUT2D eigenvalue weighted by molar-refractivity contribution is -0.116. The normalized spacial score (nSPS) is 11.7. The molecular weight excluding hydrogens is 613 g/mol. The van der Waals surface area contributed by atoms with Crippen molar-refractivity contribution in [2.45, 2.75) is 17.7 Å². The number of hydrogen-bond donors (Lipinski definition) is 2. The number of hydrogen-bond acceptors (Lipinski definition) is 5. The average molecular weight is 635 g/mol. The molecule has 13 heteroatoms. The number of rotatable bonds is 10. The third-order valence-electron chi connectivity index (χ3n) is 4.89. The maximum atomic E-state index is 12.6. The molecule has 0 fully saturated rings. The van der Waals surface area contributed by atoms with E-state index >= 15 is 0 Å². The summed E-state index contributed by atoms with van der Waals surface area (Å²) in [5.74, 6) is -0.357. The highest BCUT2D eigenvalue weighted by Gasteiger charge is 2.21. The molecular formula is C23H22BrCl2N3O5S2. The van der Waals surface area contributed by atoms with Gasteiger partial charge in [0.05, 0.1) is 21.9 Å². The van der Waals surface area contributed by atoms with Crippen LogP contribution in [0.15, 0.2) is 76.1 Å². The Morgan fingerprint density at radius 1 is 0.917 bits per heavy atom. The third kappa shape index (κ3) is 7.84. The van der Waals surface area contributed by atoms with Gasteiger partial charge in [0, 0.05) is 33.8 Å². The summed E-state index contributed by atoms with van der Waals surface area (Å²) in [6.07, 6.45) is 1.28. The Hall–Kier alpha value is -2.31. The van der Waals surface area contributed by atoms with Crippen LogP contribution in [-0.4, -0.2) is 35.5 Å². The number of nitrogens with zero attached hydrogens (tertiary/aromatic N) is 1. The maximum Gasteiger partial charge on any atom is 0.261 e. The molecule has 0 saturated carbocycles. The smallest absolute Gasteiger partial charge is 0.261 e. The molecule has 0 aliphatic heterocycles. The number of halogens is 3. The Balaban J connectivity index is 1.59. The molecule has 0 heterocycles. The van der Waals surface area contributed by atoms with Crippen molar-refractivity contribution in [1.29, 1.82) is 0 Å². The number of amides is 1. The van der Waals surface area contributed by atoms with Crippen LogP contribution in [0.4, 0.5) is 17.1 Å². The van der Waals surface area contributed by atoms with Gasteiger partial charge in [-0.05, 0) is 73.2 Å². The molecule has 36 heavy (non-hydrogen) atoms. The van der Waals surface area contributed by atoms with Crippen molar-refractivity contribution in [1.82, 2.24) is 0 Å². The minimum absolute atomic E-state index is 0.0191. The Morgan fingerprint density at radius 2 is 1.53 bits per heavy atom. The number of carbonyl (C=O) groups is 1. The van der Waals surface area contributed by atoms with Gasteiger partial charge in [-0.25, -0.2) is 16.8 Å². The van der Waals surface area contributed by atoms with Crippen LogP contribution in [0.1, 0.15) is 12.8 Å². The molecule has 8 nitrogen and oxygen atoms in total. The third-order valence-corrected chi connectivity index (χ3v) is 8.55.